The summed E-state index contributed by atoms with van der Waals surface area (Å²) >= 11 is 1.90. The molecule has 2 unspecified atom stereocenters. The van der Waals surface area contributed by atoms with Crippen molar-refractivity contribution in [3.8, 4) is 0 Å². The first-order valence-electron chi connectivity index (χ1n) is 6.47. The van der Waals surface area contributed by atoms with Gasteiger partial charge in [-0.1, -0.05) is 0 Å². The van der Waals surface area contributed by atoms with E-state index in [9.17, 15) is 0 Å². The average Bonchev–Trinajstić information content (AvgIpc) is 2.79. The fraction of sp³-hybridized carbons (Fsp3) is 0.692. The van der Waals surface area contributed by atoms with Gasteiger partial charge in [0.25, 0.3) is 0 Å². The maximum absolute atomic E-state index is 3.54. The van der Waals surface area contributed by atoms with E-state index in [-0.39, 0.29) is 0 Å². The highest BCUT2D eigenvalue weighted by Crippen LogP contribution is 2.31. The molecule has 2 bridgehead atoms. The van der Waals surface area contributed by atoms with Crippen molar-refractivity contribution >= 4 is 11.3 Å². The molecule has 0 saturated carbocycles. The highest BCUT2D eigenvalue weighted by Gasteiger charge is 2.37. The second-order valence-electron chi connectivity index (χ2n) is 5.14. The third-order valence-corrected chi connectivity index (χ3v) is 5.30. The second kappa shape index (κ2) is 4.69. The Kier molecular flexibility index (Phi) is 3.21. The van der Waals surface area contributed by atoms with Crippen LogP contribution < -0.4 is 5.32 Å². The van der Waals surface area contributed by atoms with Crippen molar-refractivity contribution in [3.63, 3.8) is 0 Å². The minimum atomic E-state index is 0.498. The first-order valence-corrected chi connectivity index (χ1v) is 7.35. The SMILES string of the molecule is CNC(c1sccc1C)C1CN2CCN1CC2. The van der Waals surface area contributed by atoms with Gasteiger partial charge >= 0.3 is 0 Å². The van der Waals surface area contributed by atoms with Crippen LogP contribution in [0, 0.1) is 6.92 Å². The van der Waals surface area contributed by atoms with E-state index in [4.69, 9.17) is 0 Å². The van der Waals surface area contributed by atoms with Crippen molar-refractivity contribution in [2.24, 2.45) is 0 Å². The van der Waals surface area contributed by atoms with Gasteiger partial charge in [0.1, 0.15) is 0 Å². The van der Waals surface area contributed by atoms with Crippen molar-refractivity contribution < 1.29 is 0 Å². The van der Waals surface area contributed by atoms with Gasteiger partial charge in [0, 0.05) is 43.6 Å². The Morgan fingerprint density at radius 2 is 2.12 bits per heavy atom. The quantitative estimate of drug-likeness (QED) is 0.874. The number of nitrogens with zero attached hydrogens (tertiary/aromatic N) is 2. The molecule has 3 nitrogen and oxygen atoms in total. The molecule has 4 rings (SSSR count). The van der Waals surface area contributed by atoms with E-state index in [0.29, 0.717) is 12.1 Å². The first-order chi connectivity index (χ1) is 8.29. The van der Waals surface area contributed by atoms with Crippen molar-refractivity contribution in [3.05, 3.63) is 21.9 Å². The summed E-state index contributed by atoms with van der Waals surface area (Å²) in [6, 6.07) is 3.39. The van der Waals surface area contributed by atoms with Gasteiger partial charge in [-0.3, -0.25) is 9.80 Å². The van der Waals surface area contributed by atoms with Crippen molar-refractivity contribution in [2.45, 2.75) is 19.0 Å². The highest BCUT2D eigenvalue weighted by molar-refractivity contribution is 7.10. The fourth-order valence-corrected chi connectivity index (χ4v) is 4.27. The van der Waals surface area contributed by atoms with E-state index < -0.39 is 0 Å². The topological polar surface area (TPSA) is 18.5 Å². The summed E-state index contributed by atoms with van der Waals surface area (Å²) in [7, 11) is 2.10. The lowest BCUT2D eigenvalue weighted by molar-refractivity contribution is -0.00210. The van der Waals surface area contributed by atoms with Crippen LogP contribution >= 0.6 is 11.3 Å². The van der Waals surface area contributed by atoms with Gasteiger partial charge in [-0.25, -0.2) is 0 Å². The van der Waals surface area contributed by atoms with Gasteiger partial charge in [0.05, 0.1) is 6.04 Å². The molecule has 1 aromatic rings. The van der Waals surface area contributed by atoms with E-state index in [0.717, 1.165) is 0 Å². The van der Waals surface area contributed by atoms with Crippen molar-refractivity contribution in [1.29, 1.82) is 0 Å². The molecule has 2 atom stereocenters. The zero-order valence-electron chi connectivity index (χ0n) is 10.6. The summed E-state index contributed by atoms with van der Waals surface area (Å²) in [5, 5.41) is 5.76. The molecule has 0 radical (unpaired) electrons. The van der Waals surface area contributed by atoms with E-state index >= 15 is 0 Å². The summed E-state index contributed by atoms with van der Waals surface area (Å²) in [5.41, 5.74) is 1.44. The molecule has 0 amide bonds. The van der Waals surface area contributed by atoms with Gasteiger partial charge in [0.15, 0.2) is 0 Å². The van der Waals surface area contributed by atoms with Crippen LogP contribution in [-0.2, 0) is 0 Å². The van der Waals surface area contributed by atoms with E-state index in [1.807, 2.05) is 11.3 Å². The van der Waals surface area contributed by atoms with E-state index in [1.165, 1.54) is 43.2 Å². The largest absolute Gasteiger partial charge is 0.311 e. The van der Waals surface area contributed by atoms with Crippen molar-refractivity contribution in [2.75, 3.05) is 39.8 Å². The fourth-order valence-electron chi connectivity index (χ4n) is 3.18. The number of hydrogen-bond donors (Lipinski definition) is 1. The molecule has 0 aromatic carbocycles. The number of thiophene rings is 1. The molecular weight excluding hydrogens is 230 g/mol. The lowest BCUT2D eigenvalue weighted by Crippen LogP contribution is -2.63. The number of rotatable bonds is 3. The standard InChI is InChI=1S/C13H21N3S/c1-10-3-8-17-13(10)12(14-2)11-9-15-4-6-16(11)7-5-15/h3,8,11-12,14H,4-7,9H2,1-2H3. The normalized spacial score (nSPS) is 33.9. The molecule has 0 aliphatic carbocycles. The minimum Gasteiger partial charge on any atom is -0.311 e. The third-order valence-electron chi connectivity index (χ3n) is 4.20. The number of likely N-dealkylation sites (N-methyl/N-ethyl adjacent to an activating group) is 1. The Morgan fingerprint density at radius 3 is 2.59 bits per heavy atom. The summed E-state index contributed by atoms with van der Waals surface area (Å²) in [5.74, 6) is 0. The molecule has 4 heterocycles. The van der Waals surface area contributed by atoms with Gasteiger partial charge in [0.2, 0.25) is 0 Å². The zero-order chi connectivity index (χ0) is 11.8. The van der Waals surface area contributed by atoms with Crippen LogP contribution in [0.25, 0.3) is 0 Å². The number of aryl methyl sites for hydroxylation is 1. The Hall–Kier alpha value is -0.420. The second-order valence-corrected chi connectivity index (χ2v) is 6.09. The molecule has 3 fully saturated rings. The van der Waals surface area contributed by atoms with E-state index in [1.54, 1.807) is 0 Å². The predicted octanol–water partition coefficient (Wildman–Crippen LogP) is 1.32. The Morgan fingerprint density at radius 1 is 1.35 bits per heavy atom. The number of hydrogen-bond acceptors (Lipinski definition) is 4. The van der Waals surface area contributed by atoms with Crippen LogP contribution in [0.3, 0.4) is 0 Å². The van der Waals surface area contributed by atoms with Crippen LogP contribution in [-0.4, -0.2) is 55.6 Å². The lowest BCUT2D eigenvalue weighted by atomic mass is 9.97. The maximum Gasteiger partial charge on any atom is 0.0585 e. The molecule has 17 heavy (non-hydrogen) atoms. The predicted molar refractivity (Wildman–Crippen MR) is 72.7 cm³/mol. The Bertz CT molecular complexity index is 382. The molecule has 3 aliphatic rings. The van der Waals surface area contributed by atoms with Crippen LogP contribution in [0.4, 0.5) is 0 Å². The van der Waals surface area contributed by atoms with E-state index in [2.05, 4.69) is 40.5 Å². The molecule has 3 saturated heterocycles. The molecule has 3 aliphatic heterocycles. The summed E-state index contributed by atoms with van der Waals surface area (Å²) < 4.78 is 0. The molecular formula is C13H21N3S. The number of piperazine rings is 3. The average molecular weight is 251 g/mol. The molecule has 0 spiro atoms. The first kappa shape index (κ1) is 11.7. The van der Waals surface area contributed by atoms with Crippen molar-refractivity contribution in [1.82, 2.24) is 15.1 Å². The highest BCUT2D eigenvalue weighted by atomic mass is 32.1. The zero-order valence-corrected chi connectivity index (χ0v) is 11.5. The number of fused-ring (bicyclic) bond motifs is 3. The third kappa shape index (κ3) is 2.03. The minimum absolute atomic E-state index is 0.498. The van der Waals surface area contributed by atoms with Gasteiger partial charge in [-0.15, -0.1) is 11.3 Å². The number of nitrogens with one attached hydrogen (secondary N) is 1. The van der Waals surface area contributed by atoms with Crippen LogP contribution in [0.2, 0.25) is 0 Å². The summed E-state index contributed by atoms with van der Waals surface area (Å²) in [6.45, 7) is 8.46. The smallest absolute Gasteiger partial charge is 0.0585 e. The summed E-state index contributed by atoms with van der Waals surface area (Å²) in [4.78, 5) is 6.80. The molecule has 1 N–H and O–H groups in total. The van der Waals surface area contributed by atoms with Gasteiger partial charge < -0.3 is 5.32 Å². The molecule has 94 valence electrons. The van der Waals surface area contributed by atoms with Crippen LogP contribution in [0.15, 0.2) is 11.4 Å². The van der Waals surface area contributed by atoms with Crippen LogP contribution in [0.5, 0.6) is 0 Å². The van der Waals surface area contributed by atoms with Gasteiger partial charge in [-0.05, 0) is 31.0 Å². The monoisotopic (exact) mass is 251 g/mol. The lowest BCUT2D eigenvalue weighted by Gasteiger charge is -2.50. The molecule has 1 aromatic heterocycles. The van der Waals surface area contributed by atoms with Crippen LogP contribution in [0.1, 0.15) is 16.5 Å². The Labute approximate surface area is 107 Å². The Balaban J connectivity index is 1.84. The molecule has 4 heteroatoms. The van der Waals surface area contributed by atoms with Gasteiger partial charge in [-0.2, -0.15) is 0 Å². The maximum atomic E-state index is 3.54. The summed E-state index contributed by atoms with van der Waals surface area (Å²) in [6.07, 6.45) is 0.